The fraction of sp³-hybridized carbons (Fsp3) is 0.412. The quantitative estimate of drug-likeness (QED) is 0.939. The summed E-state index contributed by atoms with van der Waals surface area (Å²) < 4.78 is 1.86. The van der Waals surface area contributed by atoms with Crippen LogP contribution in [0.3, 0.4) is 0 Å². The molecule has 6 heteroatoms. The zero-order chi connectivity index (χ0) is 16.4. The zero-order valence-corrected chi connectivity index (χ0v) is 13.7. The van der Waals surface area contributed by atoms with E-state index in [1.54, 1.807) is 12.3 Å². The summed E-state index contributed by atoms with van der Waals surface area (Å²) in [5.41, 5.74) is 1.47. The molecule has 1 aliphatic heterocycles. The lowest BCUT2D eigenvalue weighted by Gasteiger charge is -2.36. The molecule has 1 fully saturated rings. The molecule has 23 heavy (non-hydrogen) atoms. The maximum absolute atomic E-state index is 10.6. The van der Waals surface area contributed by atoms with Crippen molar-refractivity contribution in [3.63, 3.8) is 0 Å². The minimum atomic E-state index is -0.577. The van der Waals surface area contributed by atoms with Crippen molar-refractivity contribution < 1.29 is 5.11 Å². The summed E-state index contributed by atoms with van der Waals surface area (Å²) in [6, 6.07) is 7.57. The van der Waals surface area contributed by atoms with Crippen molar-refractivity contribution in [2.24, 2.45) is 13.0 Å². The fourth-order valence-corrected chi connectivity index (χ4v) is 3.38. The van der Waals surface area contributed by atoms with E-state index in [2.05, 4.69) is 16.0 Å². The van der Waals surface area contributed by atoms with E-state index >= 15 is 0 Å². The van der Waals surface area contributed by atoms with Crippen LogP contribution in [0, 0.1) is 17.2 Å². The van der Waals surface area contributed by atoms with E-state index in [0.29, 0.717) is 16.4 Å². The molecular formula is C17H19ClN4O. The second kappa shape index (κ2) is 6.61. The van der Waals surface area contributed by atoms with Gasteiger partial charge in [0.2, 0.25) is 0 Å². The number of hydrogen-bond donors (Lipinski definition) is 1. The Labute approximate surface area is 140 Å². The molecule has 3 rings (SSSR count). The van der Waals surface area contributed by atoms with Gasteiger partial charge in [0.15, 0.2) is 0 Å². The molecule has 2 aromatic rings. The summed E-state index contributed by atoms with van der Waals surface area (Å²) in [7, 11) is 1.90. The summed E-state index contributed by atoms with van der Waals surface area (Å²) in [6.07, 6.45) is 4.95. The van der Waals surface area contributed by atoms with Crippen LogP contribution in [-0.4, -0.2) is 27.7 Å². The first-order valence-corrected chi connectivity index (χ1v) is 8.08. The number of rotatable bonds is 3. The average Bonchev–Trinajstić information content (AvgIpc) is 3.00. The van der Waals surface area contributed by atoms with Crippen LogP contribution >= 0.6 is 11.6 Å². The predicted octanol–water partition coefficient (Wildman–Crippen LogP) is 2.90. The van der Waals surface area contributed by atoms with Crippen LogP contribution in [0.5, 0.6) is 0 Å². The number of halogens is 1. The first-order valence-electron chi connectivity index (χ1n) is 7.70. The normalized spacial score (nSPS) is 19.4. The standard InChI is InChI=1S/C17H19ClN4O/c1-21-8-6-20-17(21)16(23)13-3-2-7-22(11-13)14-5-4-12(10-19)15(18)9-14/h4-6,8-9,13,16,23H,2-3,7,11H2,1H3/t13-,16-/m0/s1. The number of anilines is 1. The number of aliphatic hydroxyl groups excluding tert-OH is 1. The van der Waals surface area contributed by atoms with Gasteiger partial charge in [0.25, 0.3) is 0 Å². The van der Waals surface area contributed by atoms with Crippen molar-refractivity contribution in [3.8, 4) is 6.07 Å². The Kier molecular flexibility index (Phi) is 4.56. The van der Waals surface area contributed by atoms with Gasteiger partial charge < -0.3 is 14.6 Å². The molecule has 0 bridgehead atoms. The Morgan fingerprint density at radius 1 is 1.48 bits per heavy atom. The molecular weight excluding hydrogens is 312 g/mol. The van der Waals surface area contributed by atoms with Crippen molar-refractivity contribution in [2.75, 3.05) is 18.0 Å². The van der Waals surface area contributed by atoms with Crippen molar-refractivity contribution in [1.82, 2.24) is 9.55 Å². The maximum Gasteiger partial charge on any atom is 0.137 e. The smallest absolute Gasteiger partial charge is 0.137 e. The number of aliphatic hydroxyl groups is 1. The molecule has 1 aliphatic rings. The van der Waals surface area contributed by atoms with Gasteiger partial charge in [-0.25, -0.2) is 4.98 Å². The fourth-order valence-electron chi connectivity index (χ4n) is 3.17. The Morgan fingerprint density at radius 3 is 2.96 bits per heavy atom. The number of aromatic nitrogens is 2. The molecule has 1 aromatic carbocycles. The van der Waals surface area contributed by atoms with E-state index in [1.165, 1.54) is 0 Å². The van der Waals surface area contributed by atoms with Crippen LogP contribution in [0.25, 0.3) is 0 Å². The number of nitriles is 1. The Balaban J connectivity index is 1.77. The van der Waals surface area contributed by atoms with Crippen LogP contribution in [0.4, 0.5) is 5.69 Å². The number of hydrogen-bond acceptors (Lipinski definition) is 4. The summed E-state index contributed by atoms with van der Waals surface area (Å²) in [5.74, 6) is 0.828. The van der Waals surface area contributed by atoms with Crippen LogP contribution in [-0.2, 0) is 7.05 Å². The van der Waals surface area contributed by atoms with E-state index in [-0.39, 0.29) is 5.92 Å². The van der Waals surface area contributed by atoms with E-state index in [0.717, 1.165) is 31.6 Å². The van der Waals surface area contributed by atoms with Crippen LogP contribution in [0.2, 0.25) is 5.02 Å². The van der Waals surface area contributed by atoms with Crippen molar-refractivity contribution in [3.05, 3.63) is 47.0 Å². The number of piperidine rings is 1. The van der Waals surface area contributed by atoms with Crippen LogP contribution < -0.4 is 4.90 Å². The lowest BCUT2D eigenvalue weighted by Crippen LogP contribution is -2.38. The summed E-state index contributed by atoms with van der Waals surface area (Å²) in [4.78, 5) is 6.48. The molecule has 2 heterocycles. The minimum absolute atomic E-state index is 0.124. The van der Waals surface area contributed by atoms with Crippen LogP contribution in [0.15, 0.2) is 30.6 Å². The first kappa shape index (κ1) is 15.9. The van der Waals surface area contributed by atoms with Gasteiger partial charge in [-0.3, -0.25) is 0 Å². The summed E-state index contributed by atoms with van der Waals surface area (Å²) >= 11 is 6.14. The van der Waals surface area contributed by atoms with Crippen molar-refractivity contribution in [2.45, 2.75) is 18.9 Å². The van der Waals surface area contributed by atoms with E-state index in [9.17, 15) is 5.11 Å². The van der Waals surface area contributed by atoms with Gasteiger partial charge in [-0.1, -0.05) is 11.6 Å². The van der Waals surface area contributed by atoms with Gasteiger partial charge in [-0.05, 0) is 31.0 Å². The van der Waals surface area contributed by atoms with E-state index in [4.69, 9.17) is 16.9 Å². The molecule has 5 nitrogen and oxygen atoms in total. The molecule has 0 aliphatic carbocycles. The molecule has 120 valence electrons. The molecule has 1 saturated heterocycles. The number of nitrogens with zero attached hydrogens (tertiary/aromatic N) is 4. The third-order valence-corrected chi connectivity index (χ3v) is 4.78. The molecule has 0 saturated carbocycles. The number of aryl methyl sites for hydroxylation is 1. The molecule has 1 aromatic heterocycles. The summed E-state index contributed by atoms with van der Waals surface area (Å²) in [5, 5.41) is 20.1. The molecule has 0 amide bonds. The lowest BCUT2D eigenvalue weighted by atomic mass is 9.91. The monoisotopic (exact) mass is 330 g/mol. The highest BCUT2D eigenvalue weighted by atomic mass is 35.5. The highest BCUT2D eigenvalue weighted by molar-refractivity contribution is 6.32. The van der Waals surface area contributed by atoms with E-state index < -0.39 is 6.10 Å². The second-order valence-corrected chi connectivity index (χ2v) is 6.37. The Bertz CT molecular complexity index is 736. The van der Waals surface area contributed by atoms with Gasteiger partial charge >= 0.3 is 0 Å². The largest absolute Gasteiger partial charge is 0.385 e. The molecule has 2 atom stereocenters. The second-order valence-electron chi connectivity index (χ2n) is 5.97. The van der Waals surface area contributed by atoms with Crippen LogP contribution in [0.1, 0.15) is 30.3 Å². The number of imidazole rings is 1. The highest BCUT2D eigenvalue weighted by Gasteiger charge is 2.29. The summed E-state index contributed by atoms with van der Waals surface area (Å²) in [6.45, 7) is 1.67. The van der Waals surface area contributed by atoms with Gasteiger partial charge in [0, 0.05) is 44.1 Å². The molecule has 0 radical (unpaired) electrons. The molecule has 1 N–H and O–H groups in total. The topological polar surface area (TPSA) is 65.1 Å². The molecule has 0 unspecified atom stereocenters. The van der Waals surface area contributed by atoms with Gasteiger partial charge in [-0.15, -0.1) is 0 Å². The third-order valence-electron chi connectivity index (χ3n) is 4.47. The Morgan fingerprint density at radius 2 is 2.30 bits per heavy atom. The van der Waals surface area contributed by atoms with Gasteiger partial charge in [0.1, 0.15) is 18.0 Å². The minimum Gasteiger partial charge on any atom is -0.385 e. The van der Waals surface area contributed by atoms with Crippen molar-refractivity contribution >= 4 is 17.3 Å². The zero-order valence-electron chi connectivity index (χ0n) is 13.0. The average molecular weight is 331 g/mol. The predicted molar refractivity (Wildman–Crippen MR) is 89.3 cm³/mol. The third kappa shape index (κ3) is 3.19. The van der Waals surface area contributed by atoms with Gasteiger partial charge in [-0.2, -0.15) is 5.26 Å². The van der Waals surface area contributed by atoms with E-state index in [1.807, 2.05) is 29.9 Å². The molecule has 0 spiro atoms. The number of benzene rings is 1. The maximum atomic E-state index is 10.6. The Hall–Kier alpha value is -2.03. The van der Waals surface area contributed by atoms with Gasteiger partial charge in [0.05, 0.1) is 10.6 Å². The lowest BCUT2D eigenvalue weighted by molar-refractivity contribution is 0.0875. The highest BCUT2D eigenvalue weighted by Crippen LogP contribution is 2.32. The first-order chi connectivity index (χ1) is 11.1. The SMILES string of the molecule is Cn1ccnc1[C@@H](O)[C@H]1CCCN(c2ccc(C#N)c(Cl)c2)C1. The van der Waals surface area contributed by atoms with Crippen molar-refractivity contribution in [1.29, 1.82) is 5.26 Å².